The Morgan fingerprint density at radius 3 is 2.64 bits per heavy atom. The molecule has 10 heteroatoms. The summed E-state index contributed by atoms with van der Waals surface area (Å²) in [6.45, 7) is 0.0639. The number of nitrogens with zero attached hydrogens (tertiary/aromatic N) is 3. The van der Waals surface area contributed by atoms with Crippen LogP contribution in [0.25, 0.3) is 0 Å². The Balaban J connectivity index is 1.64. The van der Waals surface area contributed by atoms with Crippen molar-refractivity contribution in [3.05, 3.63) is 47.3 Å². The van der Waals surface area contributed by atoms with Gasteiger partial charge in [0, 0.05) is 24.4 Å². The Kier molecular flexibility index (Phi) is 4.20. The Morgan fingerprint density at radius 1 is 1.29 bits per heavy atom. The quantitative estimate of drug-likeness (QED) is 0.543. The molecule has 0 spiro atoms. The Morgan fingerprint density at radius 2 is 2.04 bits per heavy atom. The van der Waals surface area contributed by atoms with E-state index in [1.165, 1.54) is 18.2 Å². The van der Waals surface area contributed by atoms with E-state index in [-0.39, 0.29) is 29.3 Å². The van der Waals surface area contributed by atoms with E-state index in [1.54, 1.807) is 24.1 Å². The summed E-state index contributed by atoms with van der Waals surface area (Å²) in [4.78, 5) is 37.4. The van der Waals surface area contributed by atoms with Gasteiger partial charge < -0.3 is 4.79 Å². The van der Waals surface area contributed by atoms with E-state index < -0.39 is 21.5 Å². The van der Waals surface area contributed by atoms with Crippen LogP contribution < -0.4 is 4.72 Å². The smallest absolute Gasteiger partial charge is 0.261 e. The predicted octanol–water partition coefficient (Wildman–Crippen LogP) is 0.155. The molecule has 146 valence electrons. The fourth-order valence-electron chi connectivity index (χ4n) is 3.19. The second-order valence-electron chi connectivity index (χ2n) is 7.18. The molecule has 1 aromatic carbocycles. The van der Waals surface area contributed by atoms with Crippen LogP contribution in [0.15, 0.2) is 35.5 Å². The summed E-state index contributed by atoms with van der Waals surface area (Å²) >= 11 is 0. The Hall–Kier alpha value is -2.85. The van der Waals surface area contributed by atoms with Crippen LogP contribution in [0.1, 0.15) is 34.3 Å². The average molecular weight is 402 g/mol. The normalized spacial score (nSPS) is 18.1. The molecule has 1 fully saturated rings. The van der Waals surface area contributed by atoms with Crippen molar-refractivity contribution in [1.29, 1.82) is 0 Å². The number of nitrogens with one attached hydrogen (secondary N) is 1. The minimum Gasteiger partial charge on any atom is -0.301 e. The molecule has 0 radical (unpaired) electrons. The van der Waals surface area contributed by atoms with Crippen molar-refractivity contribution in [3.8, 4) is 0 Å². The highest BCUT2D eigenvalue weighted by Gasteiger charge is 2.46. The zero-order chi connectivity index (χ0) is 20.1. The lowest BCUT2D eigenvalue weighted by Gasteiger charge is -2.27. The SMILES string of the molecule is Cn1cc(CN2C(=O)Cc3ccc(S(=O)(=O)NC4(C=O)CC4)cc3C2=O)cn1. The maximum absolute atomic E-state index is 12.9. The zero-order valence-electron chi connectivity index (χ0n) is 15.1. The highest BCUT2D eigenvalue weighted by molar-refractivity contribution is 7.89. The van der Waals surface area contributed by atoms with E-state index >= 15 is 0 Å². The number of sulfonamides is 1. The van der Waals surface area contributed by atoms with Crippen LogP contribution in [0.5, 0.6) is 0 Å². The van der Waals surface area contributed by atoms with Gasteiger partial charge in [-0.1, -0.05) is 6.07 Å². The van der Waals surface area contributed by atoms with E-state index in [0.29, 0.717) is 30.3 Å². The number of aromatic nitrogens is 2. The van der Waals surface area contributed by atoms with Gasteiger partial charge in [0.05, 0.1) is 29.6 Å². The third kappa shape index (κ3) is 3.25. The molecule has 1 aromatic heterocycles. The molecule has 0 saturated heterocycles. The molecule has 0 unspecified atom stereocenters. The number of fused-ring (bicyclic) bond motifs is 1. The molecule has 2 aromatic rings. The molecule has 4 rings (SSSR count). The van der Waals surface area contributed by atoms with Gasteiger partial charge in [-0.25, -0.2) is 8.42 Å². The minimum absolute atomic E-state index is 0.00731. The topological polar surface area (TPSA) is 118 Å². The van der Waals surface area contributed by atoms with Gasteiger partial charge in [-0.2, -0.15) is 9.82 Å². The van der Waals surface area contributed by atoms with Crippen LogP contribution in [-0.4, -0.2) is 46.7 Å². The molecule has 28 heavy (non-hydrogen) atoms. The molecule has 1 aliphatic heterocycles. The number of aryl methyl sites for hydroxylation is 1. The zero-order valence-corrected chi connectivity index (χ0v) is 15.9. The predicted molar refractivity (Wildman–Crippen MR) is 96.6 cm³/mol. The number of hydrogen-bond acceptors (Lipinski definition) is 6. The molecule has 1 aliphatic carbocycles. The lowest BCUT2D eigenvalue weighted by molar-refractivity contribution is -0.128. The molecule has 9 nitrogen and oxygen atoms in total. The molecule has 1 saturated carbocycles. The first-order chi connectivity index (χ1) is 13.2. The van der Waals surface area contributed by atoms with Crippen molar-refractivity contribution >= 4 is 28.1 Å². The first-order valence-corrected chi connectivity index (χ1v) is 10.2. The van der Waals surface area contributed by atoms with Gasteiger partial charge in [-0.3, -0.25) is 19.2 Å². The largest absolute Gasteiger partial charge is 0.301 e. The summed E-state index contributed by atoms with van der Waals surface area (Å²) in [6, 6.07) is 4.09. The van der Waals surface area contributed by atoms with E-state index in [4.69, 9.17) is 0 Å². The first-order valence-electron chi connectivity index (χ1n) is 8.68. The van der Waals surface area contributed by atoms with Crippen molar-refractivity contribution in [2.24, 2.45) is 7.05 Å². The van der Waals surface area contributed by atoms with Crippen molar-refractivity contribution < 1.29 is 22.8 Å². The third-order valence-corrected chi connectivity index (χ3v) is 6.51. The number of aldehydes is 1. The summed E-state index contributed by atoms with van der Waals surface area (Å²) in [5, 5.41) is 4.02. The van der Waals surface area contributed by atoms with Gasteiger partial charge in [-0.15, -0.1) is 0 Å². The van der Waals surface area contributed by atoms with Gasteiger partial charge in [0.2, 0.25) is 15.9 Å². The van der Waals surface area contributed by atoms with Gasteiger partial charge in [-0.05, 0) is 30.5 Å². The Labute approximate surface area is 161 Å². The number of carbonyl (C=O) groups is 3. The van der Waals surface area contributed by atoms with Gasteiger partial charge in [0.25, 0.3) is 5.91 Å². The molecule has 1 N–H and O–H groups in total. The summed E-state index contributed by atoms with van der Waals surface area (Å²) < 4.78 is 29.2. The van der Waals surface area contributed by atoms with Gasteiger partial charge in [0.15, 0.2) is 0 Å². The fourth-order valence-corrected chi connectivity index (χ4v) is 4.62. The number of hydrogen-bond donors (Lipinski definition) is 1. The standard InChI is InChI=1S/C18H18N4O5S/c1-21-9-12(8-19-21)10-22-16(24)6-13-2-3-14(7-15(13)17(22)25)28(26,27)20-18(11-23)4-5-18/h2-3,7-9,11,20H,4-6,10H2,1H3. The summed E-state index contributed by atoms with van der Waals surface area (Å²) in [5.74, 6) is -0.906. The summed E-state index contributed by atoms with van der Waals surface area (Å²) in [5.41, 5.74) is 0.302. The number of rotatable bonds is 6. The average Bonchev–Trinajstić information content (AvgIpc) is 3.29. The molecule has 0 atom stereocenters. The molecular weight excluding hydrogens is 384 g/mol. The van der Waals surface area contributed by atoms with Crippen LogP contribution in [0, 0.1) is 0 Å². The van der Waals surface area contributed by atoms with Crippen LogP contribution in [-0.2, 0) is 39.6 Å². The molecule has 2 heterocycles. The molecule has 2 amide bonds. The molecular formula is C18H18N4O5S. The number of benzene rings is 1. The van der Waals surface area contributed by atoms with E-state index in [0.717, 1.165) is 4.90 Å². The lowest BCUT2D eigenvalue weighted by atomic mass is 9.98. The van der Waals surface area contributed by atoms with Crippen molar-refractivity contribution in [1.82, 2.24) is 19.4 Å². The van der Waals surface area contributed by atoms with Crippen molar-refractivity contribution in [2.75, 3.05) is 0 Å². The van der Waals surface area contributed by atoms with Crippen molar-refractivity contribution in [2.45, 2.75) is 36.2 Å². The monoisotopic (exact) mass is 402 g/mol. The molecule has 0 bridgehead atoms. The first kappa shape index (κ1) is 18.5. The van der Waals surface area contributed by atoms with Crippen LogP contribution in [0.4, 0.5) is 0 Å². The third-order valence-electron chi connectivity index (χ3n) is 4.96. The van der Waals surface area contributed by atoms with Gasteiger partial charge >= 0.3 is 0 Å². The van der Waals surface area contributed by atoms with E-state index in [1.807, 2.05) is 0 Å². The summed E-state index contributed by atoms with van der Waals surface area (Å²) in [7, 11) is -2.23. The van der Waals surface area contributed by atoms with Crippen molar-refractivity contribution in [3.63, 3.8) is 0 Å². The number of imide groups is 1. The number of carbonyl (C=O) groups excluding carboxylic acids is 3. The van der Waals surface area contributed by atoms with Crippen LogP contribution in [0.3, 0.4) is 0 Å². The maximum atomic E-state index is 12.9. The second-order valence-corrected chi connectivity index (χ2v) is 8.86. The van der Waals surface area contributed by atoms with E-state index in [2.05, 4.69) is 9.82 Å². The lowest BCUT2D eigenvalue weighted by Crippen LogP contribution is -2.42. The fraction of sp³-hybridized carbons (Fsp3) is 0.333. The number of amides is 2. The van der Waals surface area contributed by atoms with Gasteiger partial charge in [0.1, 0.15) is 6.29 Å². The highest BCUT2D eigenvalue weighted by Crippen LogP contribution is 2.35. The minimum atomic E-state index is -3.96. The maximum Gasteiger partial charge on any atom is 0.261 e. The van der Waals surface area contributed by atoms with E-state index in [9.17, 15) is 22.8 Å². The van der Waals surface area contributed by atoms with Crippen LogP contribution >= 0.6 is 0 Å². The van der Waals surface area contributed by atoms with Crippen LogP contribution in [0.2, 0.25) is 0 Å². The summed E-state index contributed by atoms with van der Waals surface area (Å²) in [6.07, 6.45) is 4.78. The Bertz CT molecular complexity index is 1100. The molecule has 2 aliphatic rings. The highest BCUT2D eigenvalue weighted by atomic mass is 32.2. The second kappa shape index (κ2) is 6.35.